The van der Waals surface area contributed by atoms with Crippen molar-refractivity contribution in [2.45, 2.75) is 39.8 Å². The number of carbonyl (C=O) groups is 1. The summed E-state index contributed by atoms with van der Waals surface area (Å²) in [5.41, 5.74) is 1.04. The fourth-order valence-electron chi connectivity index (χ4n) is 1.63. The highest BCUT2D eigenvalue weighted by Gasteiger charge is 2.10. The summed E-state index contributed by atoms with van der Waals surface area (Å²) in [4.78, 5) is 11.6. The predicted molar refractivity (Wildman–Crippen MR) is 75.3 cm³/mol. The molecule has 1 unspecified atom stereocenters. The molecule has 0 fully saturated rings. The number of rotatable bonds is 7. The molecule has 0 aliphatic rings. The van der Waals surface area contributed by atoms with E-state index in [1.807, 2.05) is 52.0 Å². The molecule has 1 aromatic rings. The van der Waals surface area contributed by atoms with Crippen molar-refractivity contribution in [1.82, 2.24) is 5.32 Å². The first-order chi connectivity index (χ1) is 9.02. The third-order valence-corrected chi connectivity index (χ3v) is 2.62. The molecule has 0 heterocycles. The van der Waals surface area contributed by atoms with Gasteiger partial charge in [-0.15, -0.1) is 0 Å². The summed E-state index contributed by atoms with van der Waals surface area (Å²) < 4.78 is 10.6. The summed E-state index contributed by atoms with van der Waals surface area (Å²) in [5, 5.41) is 2.90. The van der Waals surface area contributed by atoms with E-state index in [0.717, 1.165) is 11.3 Å². The Labute approximate surface area is 115 Å². The van der Waals surface area contributed by atoms with Crippen LogP contribution in [0.5, 0.6) is 5.75 Å². The molecule has 4 heteroatoms. The zero-order valence-corrected chi connectivity index (χ0v) is 12.1. The minimum Gasteiger partial charge on any atom is -0.494 e. The van der Waals surface area contributed by atoms with Gasteiger partial charge in [0.1, 0.15) is 12.4 Å². The number of carbonyl (C=O) groups excluding carboxylic acids is 1. The second-order valence-electron chi connectivity index (χ2n) is 4.65. The summed E-state index contributed by atoms with van der Waals surface area (Å²) in [6.45, 7) is 8.46. The van der Waals surface area contributed by atoms with Crippen molar-refractivity contribution in [3.05, 3.63) is 29.8 Å². The lowest BCUT2D eigenvalue weighted by Gasteiger charge is -2.15. The quantitative estimate of drug-likeness (QED) is 0.824. The minimum atomic E-state index is -0.102. The highest BCUT2D eigenvalue weighted by molar-refractivity contribution is 5.77. The molecule has 0 spiro atoms. The van der Waals surface area contributed by atoms with Gasteiger partial charge in [0.25, 0.3) is 0 Å². The van der Waals surface area contributed by atoms with Gasteiger partial charge in [-0.25, -0.2) is 0 Å². The van der Waals surface area contributed by atoms with Crippen molar-refractivity contribution in [2.75, 3.05) is 13.2 Å². The maximum absolute atomic E-state index is 11.6. The standard InChI is InChI=1S/C15H23NO3/c1-5-18-14-8-6-13(7-9-14)12(4)16-15(17)10-19-11(2)3/h6-9,11-12H,5,10H2,1-4H3,(H,16,17). The number of benzene rings is 1. The van der Waals surface area contributed by atoms with Crippen LogP contribution in [0.2, 0.25) is 0 Å². The van der Waals surface area contributed by atoms with Gasteiger partial charge in [-0.1, -0.05) is 12.1 Å². The van der Waals surface area contributed by atoms with E-state index >= 15 is 0 Å². The van der Waals surface area contributed by atoms with Crippen molar-refractivity contribution in [3.63, 3.8) is 0 Å². The smallest absolute Gasteiger partial charge is 0.246 e. The Kier molecular flexibility index (Phi) is 6.36. The normalized spacial score (nSPS) is 12.3. The Morgan fingerprint density at radius 3 is 2.37 bits per heavy atom. The predicted octanol–water partition coefficient (Wildman–Crippen LogP) is 2.69. The SMILES string of the molecule is CCOc1ccc(C(C)NC(=O)COC(C)C)cc1. The maximum Gasteiger partial charge on any atom is 0.246 e. The molecule has 1 amide bonds. The summed E-state index contributed by atoms with van der Waals surface area (Å²) in [6, 6.07) is 7.69. The Bertz CT molecular complexity index is 387. The molecule has 0 bridgehead atoms. The lowest BCUT2D eigenvalue weighted by atomic mass is 10.1. The first kappa shape index (κ1) is 15.5. The zero-order valence-electron chi connectivity index (χ0n) is 12.1. The number of hydrogen-bond acceptors (Lipinski definition) is 3. The van der Waals surface area contributed by atoms with Gasteiger partial charge in [0.15, 0.2) is 0 Å². The molecule has 1 rings (SSSR count). The number of nitrogens with one attached hydrogen (secondary N) is 1. The third kappa shape index (κ3) is 5.75. The molecular formula is C15H23NO3. The molecule has 1 atom stereocenters. The van der Waals surface area contributed by atoms with Gasteiger partial charge in [0, 0.05) is 0 Å². The van der Waals surface area contributed by atoms with E-state index in [0.29, 0.717) is 6.61 Å². The van der Waals surface area contributed by atoms with Gasteiger partial charge in [0.05, 0.1) is 18.8 Å². The monoisotopic (exact) mass is 265 g/mol. The fraction of sp³-hybridized carbons (Fsp3) is 0.533. The van der Waals surface area contributed by atoms with Crippen LogP contribution in [-0.4, -0.2) is 25.2 Å². The molecule has 1 aromatic carbocycles. The second kappa shape index (κ2) is 7.79. The largest absolute Gasteiger partial charge is 0.494 e. The average molecular weight is 265 g/mol. The summed E-state index contributed by atoms with van der Waals surface area (Å²) in [6.07, 6.45) is 0.0616. The molecule has 0 saturated carbocycles. The van der Waals surface area contributed by atoms with Crippen molar-refractivity contribution in [1.29, 1.82) is 0 Å². The number of hydrogen-bond donors (Lipinski definition) is 1. The fourth-order valence-corrected chi connectivity index (χ4v) is 1.63. The number of amides is 1. The molecule has 0 aromatic heterocycles. The highest BCUT2D eigenvalue weighted by atomic mass is 16.5. The lowest BCUT2D eigenvalue weighted by molar-refractivity contribution is -0.127. The molecule has 19 heavy (non-hydrogen) atoms. The van der Waals surface area contributed by atoms with E-state index in [-0.39, 0.29) is 24.7 Å². The van der Waals surface area contributed by atoms with Gasteiger partial charge in [0.2, 0.25) is 5.91 Å². The van der Waals surface area contributed by atoms with Crippen LogP contribution in [-0.2, 0) is 9.53 Å². The van der Waals surface area contributed by atoms with Crippen molar-refractivity contribution < 1.29 is 14.3 Å². The molecule has 1 N–H and O–H groups in total. The van der Waals surface area contributed by atoms with Crippen LogP contribution in [0.1, 0.15) is 39.3 Å². The third-order valence-electron chi connectivity index (χ3n) is 2.62. The van der Waals surface area contributed by atoms with Crippen molar-refractivity contribution >= 4 is 5.91 Å². The van der Waals surface area contributed by atoms with Crippen LogP contribution in [0.15, 0.2) is 24.3 Å². The van der Waals surface area contributed by atoms with Crippen LogP contribution in [0.25, 0.3) is 0 Å². The van der Waals surface area contributed by atoms with Crippen LogP contribution in [0, 0.1) is 0 Å². The van der Waals surface area contributed by atoms with E-state index < -0.39 is 0 Å². The molecule has 0 radical (unpaired) electrons. The maximum atomic E-state index is 11.6. The van der Waals surface area contributed by atoms with E-state index in [2.05, 4.69) is 5.32 Å². The minimum absolute atomic E-state index is 0.0426. The molecule has 0 aliphatic carbocycles. The summed E-state index contributed by atoms with van der Waals surface area (Å²) >= 11 is 0. The van der Waals surface area contributed by atoms with E-state index in [1.165, 1.54) is 0 Å². The zero-order chi connectivity index (χ0) is 14.3. The molecule has 0 saturated heterocycles. The number of ether oxygens (including phenoxy) is 2. The van der Waals surface area contributed by atoms with Gasteiger partial charge in [-0.2, -0.15) is 0 Å². The Morgan fingerprint density at radius 1 is 1.21 bits per heavy atom. The summed E-state index contributed by atoms with van der Waals surface area (Å²) in [5.74, 6) is 0.739. The van der Waals surface area contributed by atoms with Gasteiger partial charge in [-0.3, -0.25) is 4.79 Å². The Morgan fingerprint density at radius 2 is 1.84 bits per heavy atom. The van der Waals surface area contributed by atoms with Crippen LogP contribution in [0.4, 0.5) is 0 Å². The van der Waals surface area contributed by atoms with Gasteiger partial charge in [-0.05, 0) is 45.4 Å². The molecule has 0 aliphatic heterocycles. The van der Waals surface area contributed by atoms with Gasteiger partial charge < -0.3 is 14.8 Å². The molecular weight excluding hydrogens is 242 g/mol. The lowest BCUT2D eigenvalue weighted by Crippen LogP contribution is -2.31. The second-order valence-corrected chi connectivity index (χ2v) is 4.65. The van der Waals surface area contributed by atoms with Crippen molar-refractivity contribution in [2.24, 2.45) is 0 Å². The topological polar surface area (TPSA) is 47.6 Å². The first-order valence-electron chi connectivity index (χ1n) is 6.66. The summed E-state index contributed by atoms with van der Waals surface area (Å²) in [7, 11) is 0. The Balaban J connectivity index is 2.48. The molecule has 4 nitrogen and oxygen atoms in total. The van der Waals surface area contributed by atoms with Crippen LogP contribution < -0.4 is 10.1 Å². The van der Waals surface area contributed by atoms with E-state index in [1.54, 1.807) is 0 Å². The van der Waals surface area contributed by atoms with Crippen molar-refractivity contribution in [3.8, 4) is 5.75 Å². The average Bonchev–Trinajstić information content (AvgIpc) is 2.37. The van der Waals surface area contributed by atoms with E-state index in [4.69, 9.17) is 9.47 Å². The van der Waals surface area contributed by atoms with Gasteiger partial charge >= 0.3 is 0 Å². The van der Waals surface area contributed by atoms with E-state index in [9.17, 15) is 4.79 Å². The molecule has 106 valence electrons. The van der Waals surface area contributed by atoms with Crippen LogP contribution in [0.3, 0.4) is 0 Å². The first-order valence-corrected chi connectivity index (χ1v) is 6.66. The highest BCUT2D eigenvalue weighted by Crippen LogP contribution is 2.17. The van der Waals surface area contributed by atoms with Crippen LogP contribution >= 0.6 is 0 Å². The Hall–Kier alpha value is -1.55.